The monoisotopic (exact) mass is 220 g/mol. The van der Waals surface area contributed by atoms with Crippen LogP contribution in [0.4, 0.5) is 5.82 Å². The van der Waals surface area contributed by atoms with E-state index in [1.807, 2.05) is 19.1 Å². The minimum atomic E-state index is 0.474. The first-order valence-corrected chi connectivity index (χ1v) is 6.14. The molecule has 1 unspecified atom stereocenters. The maximum atomic E-state index is 5.53. The molecule has 3 nitrogen and oxygen atoms in total. The molecule has 2 rings (SSSR count). The van der Waals surface area contributed by atoms with Crippen LogP contribution in [-0.4, -0.2) is 17.6 Å². The number of rotatable bonds is 6. The van der Waals surface area contributed by atoms with Crippen LogP contribution in [0.25, 0.3) is 0 Å². The molecule has 0 aliphatic heterocycles. The Labute approximate surface area is 97.2 Å². The molecule has 1 aromatic heterocycles. The van der Waals surface area contributed by atoms with Gasteiger partial charge in [0.15, 0.2) is 11.6 Å². The molecule has 1 atom stereocenters. The summed E-state index contributed by atoms with van der Waals surface area (Å²) in [5.74, 6) is 2.66. The molecular weight excluding hydrogens is 200 g/mol. The second-order valence-corrected chi connectivity index (χ2v) is 4.51. The maximum absolute atomic E-state index is 5.53. The zero-order valence-electron chi connectivity index (χ0n) is 10.1. The highest BCUT2D eigenvalue weighted by molar-refractivity contribution is 5.50. The Bertz CT molecular complexity index is 336. The van der Waals surface area contributed by atoms with E-state index >= 15 is 0 Å². The van der Waals surface area contributed by atoms with Crippen LogP contribution in [0.1, 0.15) is 33.1 Å². The van der Waals surface area contributed by atoms with Crippen LogP contribution in [0.3, 0.4) is 0 Å². The van der Waals surface area contributed by atoms with Crippen molar-refractivity contribution < 1.29 is 4.74 Å². The van der Waals surface area contributed by atoms with Gasteiger partial charge in [-0.2, -0.15) is 0 Å². The second kappa shape index (κ2) is 5.19. The molecule has 0 bridgehead atoms. The van der Waals surface area contributed by atoms with Gasteiger partial charge in [0.1, 0.15) is 0 Å². The van der Waals surface area contributed by atoms with E-state index < -0.39 is 0 Å². The van der Waals surface area contributed by atoms with Gasteiger partial charge in [-0.25, -0.2) is 4.98 Å². The fourth-order valence-corrected chi connectivity index (χ4v) is 1.92. The molecule has 1 aromatic rings. The van der Waals surface area contributed by atoms with Gasteiger partial charge in [0.05, 0.1) is 6.61 Å². The highest BCUT2D eigenvalue weighted by Gasteiger charge is 2.23. The third-order valence-electron chi connectivity index (χ3n) is 2.84. The molecule has 1 fully saturated rings. The third-order valence-corrected chi connectivity index (χ3v) is 2.84. The second-order valence-electron chi connectivity index (χ2n) is 4.51. The molecule has 1 heterocycles. The summed E-state index contributed by atoms with van der Waals surface area (Å²) < 4.78 is 5.53. The highest BCUT2D eigenvalue weighted by Crippen LogP contribution is 2.34. The minimum absolute atomic E-state index is 0.474. The molecular formula is C13H20N2O. The lowest BCUT2D eigenvalue weighted by atomic mass is 10.1. The predicted octanol–water partition coefficient (Wildman–Crippen LogP) is 3.08. The topological polar surface area (TPSA) is 34.1 Å². The van der Waals surface area contributed by atoms with Gasteiger partial charge < -0.3 is 10.1 Å². The zero-order valence-corrected chi connectivity index (χ0v) is 10.1. The Kier molecular flexibility index (Phi) is 3.65. The molecule has 0 radical (unpaired) electrons. The summed E-state index contributed by atoms with van der Waals surface area (Å²) in [6, 6.07) is 4.34. The van der Waals surface area contributed by atoms with E-state index in [-0.39, 0.29) is 0 Å². The fourth-order valence-electron chi connectivity index (χ4n) is 1.92. The SMILES string of the molecule is CCOc1cccnc1NC(C)CC1CC1. The number of hydrogen-bond donors (Lipinski definition) is 1. The largest absolute Gasteiger partial charge is 0.490 e. The maximum Gasteiger partial charge on any atom is 0.168 e. The summed E-state index contributed by atoms with van der Waals surface area (Å²) in [5.41, 5.74) is 0. The van der Waals surface area contributed by atoms with Crippen molar-refractivity contribution in [1.29, 1.82) is 0 Å². The van der Waals surface area contributed by atoms with E-state index in [1.165, 1.54) is 19.3 Å². The Balaban J connectivity index is 1.95. The number of nitrogens with zero attached hydrogens (tertiary/aromatic N) is 1. The Hall–Kier alpha value is -1.25. The number of aromatic nitrogens is 1. The molecule has 16 heavy (non-hydrogen) atoms. The number of hydrogen-bond acceptors (Lipinski definition) is 3. The van der Waals surface area contributed by atoms with Crippen LogP contribution < -0.4 is 10.1 Å². The molecule has 1 aliphatic carbocycles. The summed E-state index contributed by atoms with van der Waals surface area (Å²) in [6.45, 7) is 4.88. The number of anilines is 1. The van der Waals surface area contributed by atoms with Gasteiger partial charge >= 0.3 is 0 Å². The van der Waals surface area contributed by atoms with Gasteiger partial charge in [0.25, 0.3) is 0 Å². The predicted molar refractivity (Wildman–Crippen MR) is 65.8 cm³/mol. The zero-order chi connectivity index (χ0) is 11.4. The smallest absolute Gasteiger partial charge is 0.168 e. The first-order chi connectivity index (χ1) is 7.79. The van der Waals surface area contributed by atoms with Crippen molar-refractivity contribution in [1.82, 2.24) is 4.98 Å². The summed E-state index contributed by atoms with van der Waals surface area (Å²) in [6.07, 6.45) is 5.83. The van der Waals surface area contributed by atoms with Crippen LogP contribution in [0.15, 0.2) is 18.3 Å². The van der Waals surface area contributed by atoms with Gasteiger partial charge in [-0.1, -0.05) is 12.8 Å². The van der Waals surface area contributed by atoms with Crippen molar-refractivity contribution in [2.45, 2.75) is 39.2 Å². The quantitative estimate of drug-likeness (QED) is 0.800. The minimum Gasteiger partial charge on any atom is -0.490 e. The van der Waals surface area contributed by atoms with Gasteiger partial charge in [-0.3, -0.25) is 0 Å². The lowest BCUT2D eigenvalue weighted by Gasteiger charge is -2.16. The molecule has 0 spiro atoms. The molecule has 88 valence electrons. The number of nitrogens with one attached hydrogen (secondary N) is 1. The third kappa shape index (κ3) is 3.12. The van der Waals surface area contributed by atoms with E-state index in [0.29, 0.717) is 12.6 Å². The Morgan fingerprint density at radius 2 is 2.38 bits per heavy atom. The van der Waals surface area contributed by atoms with Crippen molar-refractivity contribution in [3.05, 3.63) is 18.3 Å². The van der Waals surface area contributed by atoms with E-state index in [9.17, 15) is 0 Å². The Morgan fingerprint density at radius 1 is 1.56 bits per heavy atom. The van der Waals surface area contributed by atoms with Crippen LogP contribution >= 0.6 is 0 Å². The molecule has 0 aromatic carbocycles. The van der Waals surface area contributed by atoms with Crippen LogP contribution in [0.2, 0.25) is 0 Å². The van der Waals surface area contributed by atoms with E-state index in [2.05, 4.69) is 17.2 Å². The summed E-state index contributed by atoms with van der Waals surface area (Å²) in [7, 11) is 0. The first-order valence-electron chi connectivity index (χ1n) is 6.14. The molecule has 1 saturated carbocycles. The standard InChI is InChI=1S/C13H20N2O/c1-3-16-12-5-4-8-14-13(12)15-10(2)9-11-6-7-11/h4-5,8,10-11H,3,6-7,9H2,1-2H3,(H,14,15). The van der Waals surface area contributed by atoms with Crippen molar-refractivity contribution in [2.75, 3.05) is 11.9 Å². The van der Waals surface area contributed by atoms with Crippen LogP contribution in [-0.2, 0) is 0 Å². The highest BCUT2D eigenvalue weighted by atomic mass is 16.5. The van der Waals surface area contributed by atoms with Gasteiger partial charge in [-0.15, -0.1) is 0 Å². The molecule has 0 amide bonds. The molecule has 1 aliphatic rings. The Morgan fingerprint density at radius 3 is 3.06 bits per heavy atom. The molecule has 0 saturated heterocycles. The van der Waals surface area contributed by atoms with Crippen LogP contribution in [0.5, 0.6) is 5.75 Å². The lowest BCUT2D eigenvalue weighted by molar-refractivity contribution is 0.340. The molecule has 3 heteroatoms. The van der Waals surface area contributed by atoms with Crippen LogP contribution in [0, 0.1) is 5.92 Å². The number of pyridine rings is 1. The summed E-state index contributed by atoms with van der Waals surface area (Å²) in [4.78, 5) is 4.33. The van der Waals surface area contributed by atoms with Gasteiger partial charge in [-0.05, 0) is 38.3 Å². The normalized spacial score (nSPS) is 16.9. The fraction of sp³-hybridized carbons (Fsp3) is 0.615. The van der Waals surface area contributed by atoms with Crippen molar-refractivity contribution in [2.24, 2.45) is 5.92 Å². The van der Waals surface area contributed by atoms with Gasteiger partial charge in [0, 0.05) is 12.2 Å². The summed E-state index contributed by atoms with van der Waals surface area (Å²) >= 11 is 0. The average molecular weight is 220 g/mol. The van der Waals surface area contributed by atoms with Crippen molar-refractivity contribution in [3.63, 3.8) is 0 Å². The first kappa shape index (κ1) is 11.2. The average Bonchev–Trinajstić information content (AvgIpc) is 3.05. The van der Waals surface area contributed by atoms with E-state index in [4.69, 9.17) is 4.74 Å². The number of ether oxygens (including phenoxy) is 1. The lowest BCUT2D eigenvalue weighted by Crippen LogP contribution is -2.17. The summed E-state index contributed by atoms with van der Waals surface area (Å²) in [5, 5.41) is 3.43. The molecule has 1 N–H and O–H groups in total. The van der Waals surface area contributed by atoms with Crippen molar-refractivity contribution >= 4 is 5.82 Å². The van der Waals surface area contributed by atoms with Crippen molar-refractivity contribution in [3.8, 4) is 5.75 Å². The van der Waals surface area contributed by atoms with E-state index in [0.717, 1.165) is 17.5 Å². The van der Waals surface area contributed by atoms with E-state index in [1.54, 1.807) is 6.20 Å². The van der Waals surface area contributed by atoms with Gasteiger partial charge in [0.2, 0.25) is 0 Å².